The summed E-state index contributed by atoms with van der Waals surface area (Å²) in [5, 5.41) is 0. The van der Waals surface area contributed by atoms with E-state index in [1.807, 2.05) is 12.1 Å². The van der Waals surface area contributed by atoms with E-state index in [2.05, 4.69) is 58.9 Å². The lowest BCUT2D eigenvalue weighted by molar-refractivity contribution is 0.146. The van der Waals surface area contributed by atoms with Gasteiger partial charge in [-0.3, -0.25) is 0 Å². The summed E-state index contributed by atoms with van der Waals surface area (Å²) >= 11 is 0. The maximum absolute atomic E-state index is 6.28. The molecule has 26 heavy (non-hydrogen) atoms. The fourth-order valence-electron chi connectivity index (χ4n) is 3.37. The van der Waals surface area contributed by atoms with E-state index in [0.717, 1.165) is 35.5 Å². The van der Waals surface area contributed by atoms with Crippen LogP contribution in [0.25, 0.3) is 0 Å². The van der Waals surface area contributed by atoms with E-state index in [-0.39, 0.29) is 11.5 Å². The Balaban J connectivity index is 2.21. The average molecular weight is 356 g/mol. The van der Waals surface area contributed by atoms with Crippen molar-refractivity contribution >= 4 is 0 Å². The average Bonchev–Trinajstić information content (AvgIpc) is 2.58. The van der Waals surface area contributed by atoms with Gasteiger partial charge in [-0.25, -0.2) is 0 Å². The Bertz CT molecular complexity index is 696. The molecule has 0 aliphatic heterocycles. The van der Waals surface area contributed by atoms with E-state index in [9.17, 15) is 0 Å². The van der Waals surface area contributed by atoms with Crippen molar-refractivity contribution in [3.05, 3.63) is 58.7 Å². The second-order valence-corrected chi connectivity index (χ2v) is 7.82. The predicted octanol–water partition coefficient (Wildman–Crippen LogP) is 5.82. The number of nitrogens with two attached hydrogens (primary N) is 1. The van der Waals surface area contributed by atoms with Crippen LogP contribution >= 0.6 is 0 Å². The Morgan fingerprint density at radius 1 is 1.04 bits per heavy atom. The maximum atomic E-state index is 6.28. The van der Waals surface area contributed by atoms with Crippen molar-refractivity contribution in [2.24, 2.45) is 5.73 Å². The maximum Gasteiger partial charge on any atom is 0.133 e. The molecule has 0 bridgehead atoms. The summed E-state index contributed by atoms with van der Waals surface area (Å²) in [5.41, 5.74) is 10.9. The second-order valence-electron chi connectivity index (χ2n) is 7.82. The summed E-state index contributed by atoms with van der Waals surface area (Å²) < 4.78 is 11.5. The number of aryl methyl sites for hydroxylation is 2. The van der Waals surface area contributed by atoms with Crippen molar-refractivity contribution < 1.29 is 9.47 Å². The van der Waals surface area contributed by atoms with Gasteiger partial charge < -0.3 is 15.2 Å². The van der Waals surface area contributed by atoms with Crippen LogP contribution in [0.3, 0.4) is 0 Å². The molecule has 0 fully saturated rings. The fourth-order valence-corrected chi connectivity index (χ4v) is 3.37. The SMILES string of the molecule is CCCC(N)c1cc(C)c(Oc2ccc(C(C)(C)COC)cc2)c(C)c1. The quantitative estimate of drug-likeness (QED) is 0.649. The summed E-state index contributed by atoms with van der Waals surface area (Å²) in [4.78, 5) is 0. The molecule has 1 unspecified atom stereocenters. The first-order chi connectivity index (χ1) is 12.3. The molecule has 2 rings (SSSR count). The molecule has 142 valence electrons. The zero-order valence-corrected chi connectivity index (χ0v) is 17.1. The highest BCUT2D eigenvalue weighted by atomic mass is 16.5. The van der Waals surface area contributed by atoms with Crippen LogP contribution in [0, 0.1) is 13.8 Å². The molecule has 0 aromatic heterocycles. The van der Waals surface area contributed by atoms with Crippen LogP contribution in [-0.2, 0) is 10.2 Å². The van der Waals surface area contributed by atoms with Crippen molar-refractivity contribution in [3.8, 4) is 11.5 Å². The minimum atomic E-state index is -0.0177. The Labute approximate surface area is 158 Å². The smallest absolute Gasteiger partial charge is 0.133 e. The Morgan fingerprint density at radius 2 is 1.62 bits per heavy atom. The van der Waals surface area contributed by atoms with Crippen LogP contribution < -0.4 is 10.5 Å². The van der Waals surface area contributed by atoms with Crippen molar-refractivity contribution in [1.29, 1.82) is 0 Å². The number of benzene rings is 2. The topological polar surface area (TPSA) is 44.5 Å². The van der Waals surface area contributed by atoms with Gasteiger partial charge in [-0.05, 0) is 54.7 Å². The number of ether oxygens (including phenoxy) is 2. The molecule has 2 aromatic rings. The molecule has 0 radical (unpaired) electrons. The molecule has 2 aromatic carbocycles. The number of methoxy groups -OCH3 is 1. The van der Waals surface area contributed by atoms with Crippen LogP contribution in [0.2, 0.25) is 0 Å². The highest BCUT2D eigenvalue weighted by Gasteiger charge is 2.20. The monoisotopic (exact) mass is 355 g/mol. The molecular weight excluding hydrogens is 322 g/mol. The van der Waals surface area contributed by atoms with Crippen molar-refractivity contribution in [1.82, 2.24) is 0 Å². The third kappa shape index (κ3) is 4.87. The van der Waals surface area contributed by atoms with Crippen LogP contribution in [0.4, 0.5) is 0 Å². The van der Waals surface area contributed by atoms with Crippen molar-refractivity contribution in [2.75, 3.05) is 13.7 Å². The van der Waals surface area contributed by atoms with Crippen molar-refractivity contribution in [3.63, 3.8) is 0 Å². The molecule has 0 saturated heterocycles. The minimum absolute atomic E-state index is 0.0177. The van der Waals surface area contributed by atoms with Gasteiger partial charge in [-0.15, -0.1) is 0 Å². The second kappa shape index (κ2) is 8.70. The summed E-state index contributed by atoms with van der Waals surface area (Å²) in [6.45, 7) is 11.4. The normalized spacial score (nSPS) is 12.9. The van der Waals surface area contributed by atoms with Gasteiger partial charge in [0.25, 0.3) is 0 Å². The molecule has 1 atom stereocenters. The lowest BCUT2D eigenvalue weighted by atomic mass is 9.85. The van der Waals surface area contributed by atoms with E-state index in [4.69, 9.17) is 15.2 Å². The van der Waals surface area contributed by atoms with Crippen LogP contribution in [0.1, 0.15) is 61.9 Å². The largest absolute Gasteiger partial charge is 0.457 e. The summed E-state index contributed by atoms with van der Waals surface area (Å²) in [7, 11) is 1.74. The summed E-state index contributed by atoms with van der Waals surface area (Å²) in [6.07, 6.45) is 2.08. The van der Waals surface area contributed by atoms with E-state index >= 15 is 0 Å². The first kappa shape index (κ1) is 20.5. The molecule has 0 amide bonds. The highest BCUT2D eigenvalue weighted by molar-refractivity contribution is 5.47. The minimum Gasteiger partial charge on any atom is -0.457 e. The molecule has 0 aliphatic rings. The summed E-state index contributed by atoms with van der Waals surface area (Å²) in [6, 6.07) is 12.7. The molecule has 0 aliphatic carbocycles. The molecule has 0 heterocycles. The lowest BCUT2D eigenvalue weighted by Gasteiger charge is -2.24. The van der Waals surface area contributed by atoms with Crippen LogP contribution in [0.5, 0.6) is 11.5 Å². The van der Waals surface area contributed by atoms with Gasteiger partial charge in [0.2, 0.25) is 0 Å². The Hall–Kier alpha value is -1.84. The van der Waals surface area contributed by atoms with E-state index in [1.54, 1.807) is 7.11 Å². The number of rotatable bonds is 8. The zero-order chi connectivity index (χ0) is 19.3. The van der Waals surface area contributed by atoms with Gasteiger partial charge >= 0.3 is 0 Å². The van der Waals surface area contributed by atoms with E-state index in [0.29, 0.717) is 6.61 Å². The van der Waals surface area contributed by atoms with Gasteiger partial charge in [0.05, 0.1) is 6.61 Å². The van der Waals surface area contributed by atoms with Gasteiger partial charge in [0, 0.05) is 18.6 Å². The van der Waals surface area contributed by atoms with Gasteiger partial charge in [0.1, 0.15) is 11.5 Å². The molecule has 2 N–H and O–H groups in total. The molecule has 0 saturated carbocycles. The highest BCUT2D eigenvalue weighted by Crippen LogP contribution is 2.33. The van der Waals surface area contributed by atoms with Crippen LogP contribution in [-0.4, -0.2) is 13.7 Å². The van der Waals surface area contributed by atoms with Gasteiger partial charge in [-0.1, -0.05) is 51.5 Å². The van der Waals surface area contributed by atoms with Crippen LogP contribution in [0.15, 0.2) is 36.4 Å². The fraction of sp³-hybridized carbons (Fsp3) is 0.478. The first-order valence-electron chi connectivity index (χ1n) is 9.42. The molecular formula is C23H33NO2. The van der Waals surface area contributed by atoms with Crippen molar-refractivity contribution in [2.45, 2.75) is 58.9 Å². The number of hydrogen-bond donors (Lipinski definition) is 1. The first-order valence-corrected chi connectivity index (χ1v) is 9.42. The predicted molar refractivity (Wildman–Crippen MR) is 109 cm³/mol. The molecule has 0 spiro atoms. The van der Waals surface area contributed by atoms with Gasteiger partial charge in [0.15, 0.2) is 0 Å². The van der Waals surface area contributed by atoms with Gasteiger partial charge in [-0.2, -0.15) is 0 Å². The Morgan fingerprint density at radius 3 is 2.12 bits per heavy atom. The standard InChI is InChI=1S/C23H33NO2/c1-7-8-21(24)18-13-16(2)22(17(3)14-18)26-20-11-9-19(10-12-20)23(4,5)15-25-6/h9-14,21H,7-8,15,24H2,1-6H3. The van der Waals surface area contributed by atoms with E-state index in [1.165, 1.54) is 11.1 Å². The lowest BCUT2D eigenvalue weighted by Crippen LogP contribution is -2.23. The molecule has 3 heteroatoms. The summed E-state index contributed by atoms with van der Waals surface area (Å²) in [5.74, 6) is 1.76. The third-order valence-corrected chi connectivity index (χ3v) is 4.87. The third-order valence-electron chi connectivity index (χ3n) is 4.87. The Kier molecular flexibility index (Phi) is 6.85. The number of hydrogen-bond acceptors (Lipinski definition) is 3. The zero-order valence-electron chi connectivity index (χ0n) is 17.1. The van der Waals surface area contributed by atoms with E-state index < -0.39 is 0 Å². The molecule has 3 nitrogen and oxygen atoms in total.